The minimum Gasteiger partial charge on any atom is -0.327 e. The molecule has 0 saturated heterocycles. The summed E-state index contributed by atoms with van der Waals surface area (Å²) in [7, 11) is 0. The Morgan fingerprint density at radius 2 is 2.25 bits per heavy atom. The standard InChI is InChI=1S/C13H16N2O/c1-8-6-10-7-12(16)15-13(10)11(9(8)2)4-3-5-14/h3-4,6H,5,7,14H2,1-2H3,(H,15,16)/b4-3+. The highest BCUT2D eigenvalue weighted by atomic mass is 16.1. The fourth-order valence-electron chi connectivity index (χ4n) is 2.05. The van der Waals surface area contributed by atoms with Crippen molar-refractivity contribution in [3.63, 3.8) is 0 Å². The highest BCUT2D eigenvalue weighted by molar-refractivity contribution is 6.02. The highest BCUT2D eigenvalue weighted by Crippen LogP contribution is 2.32. The normalized spacial score (nSPS) is 14.3. The number of carbonyl (C=O) groups excluding carboxylic acids is 1. The van der Waals surface area contributed by atoms with Gasteiger partial charge in [-0.15, -0.1) is 0 Å². The molecule has 16 heavy (non-hydrogen) atoms. The maximum Gasteiger partial charge on any atom is 0.228 e. The summed E-state index contributed by atoms with van der Waals surface area (Å²) in [5, 5.41) is 2.91. The molecule has 0 aromatic heterocycles. The van der Waals surface area contributed by atoms with Gasteiger partial charge in [-0.3, -0.25) is 4.79 Å². The average molecular weight is 216 g/mol. The lowest BCUT2D eigenvalue weighted by Gasteiger charge is -2.11. The minimum atomic E-state index is 0.0717. The van der Waals surface area contributed by atoms with Gasteiger partial charge in [-0.05, 0) is 30.5 Å². The lowest BCUT2D eigenvalue weighted by atomic mass is 9.97. The number of benzene rings is 1. The molecule has 1 heterocycles. The predicted molar refractivity (Wildman–Crippen MR) is 66.3 cm³/mol. The molecule has 84 valence electrons. The van der Waals surface area contributed by atoms with Gasteiger partial charge in [-0.1, -0.05) is 18.2 Å². The van der Waals surface area contributed by atoms with Gasteiger partial charge in [-0.2, -0.15) is 0 Å². The molecule has 1 aliphatic heterocycles. The van der Waals surface area contributed by atoms with Crippen molar-refractivity contribution in [3.05, 3.63) is 34.4 Å². The topological polar surface area (TPSA) is 55.1 Å². The van der Waals surface area contributed by atoms with Gasteiger partial charge in [0.25, 0.3) is 0 Å². The molecule has 0 saturated carbocycles. The molecule has 0 spiro atoms. The van der Waals surface area contributed by atoms with E-state index in [1.807, 2.05) is 12.2 Å². The summed E-state index contributed by atoms with van der Waals surface area (Å²) < 4.78 is 0. The third kappa shape index (κ3) is 1.74. The maximum atomic E-state index is 11.4. The van der Waals surface area contributed by atoms with Gasteiger partial charge in [-0.25, -0.2) is 0 Å². The molecule has 1 amide bonds. The van der Waals surface area contributed by atoms with Gasteiger partial charge in [0.05, 0.1) is 12.1 Å². The zero-order valence-electron chi connectivity index (χ0n) is 9.63. The van der Waals surface area contributed by atoms with Crippen molar-refractivity contribution in [1.29, 1.82) is 0 Å². The summed E-state index contributed by atoms with van der Waals surface area (Å²) in [6.07, 6.45) is 4.39. The van der Waals surface area contributed by atoms with Crippen molar-refractivity contribution in [2.45, 2.75) is 20.3 Å². The Kier molecular flexibility index (Phi) is 2.79. The lowest BCUT2D eigenvalue weighted by molar-refractivity contribution is -0.115. The van der Waals surface area contributed by atoms with Crippen LogP contribution in [0.1, 0.15) is 22.3 Å². The van der Waals surface area contributed by atoms with Crippen molar-refractivity contribution in [2.75, 3.05) is 11.9 Å². The van der Waals surface area contributed by atoms with E-state index in [0.29, 0.717) is 13.0 Å². The van der Waals surface area contributed by atoms with Crippen molar-refractivity contribution in [1.82, 2.24) is 0 Å². The molecule has 1 aromatic carbocycles. The van der Waals surface area contributed by atoms with Crippen LogP contribution < -0.4 is 11.1 Å². The molecule has 0 bridgehead atoms. The molecule has 3 nitrogen and oxygen atoms in total. The van der Waals surface area contributed by atoms with Crippen LogP contribution in [0.2, 0.25) is 0 Å². The zero-order valence-corrected chi connectivity index (χ0v) is 9.63. The Morgan fingerprint density at radius 1 is 1.50 bits per heavy atom. The van der Waals surface area contributed by atoms with Crippen LogP contribution in [0.4, 0.5) is 5.69 Å². The third-order valence-electron chi connectivity index (χ3n) is 3.01. The summed E-state index contributed by atoms with van der Waals surface area (Å²) in [6, 6.07) is 2.09. The molecule has 0 fully saturated rings. The van der Waals surface area contributed by atoms with E-state index in [1.165, 1.54) is 11.1 Å². The number of hydrogen-bond donors (Lipinski definition) is 2. The number of carbonyl (C=O) groups is 1. The van der Waals surface area contributed by atoms with Gasteiger partial charge in [0.2, 0.25) is 5.91 Å². The summed E-state index contributed by atoms with van der Waals surface area (Å²) >= 11 is 0. The molecule has 0 aliphatic carbocycles. The molecule has 2 rings (SSSR count). The fourth-order valence-corrected chi connectivity index (χ4v) is 2.05. The summed E-state index contributed by atoms with van der Waals surface area (Å²) in [4.78, 5) is 11.4. The van der Waals surface area contributed by atoms with Crippen molar-refractivity contribution >= 4 is 17.7 Å². The molecule has 0 unspecified atom stereocenters. The first-order valence-corrected chi connectivity index (χ1v) is 5.43. The maximum absolute atomic E-state index is 11.4. The summed E-state index contributed by atoms with van der Waals surface area (Å²) in [5.74, 6) is 0.0717. The number of anilines is 1. The molecule has 0 atom stereocenters. The SMILES string of the molecule is Cc1cc2c(c(/C=C/CN)c1C)NC(=O)C2. The number of hydrogen-bond acceptors (Lipinski definition) is 2. The van der Waals surface area contributed by atoms with Crippen LogP contribution in [0.3, 0.4) is 0 Å². The van der Waals surface area contributed by atoms with Crippen LogP contribution in [-0.2, 0) is 11.2 Å². The van der Waals surface area contributed by atoms with E-state index in [9.17, 15) is 4.79 Å². The van der Waals surface area contributed by atoms with Gasteiger partial charge in [0.1, 0.15) is 0 Å². The first-order chi connectivity index (χ1) is 7.63. The largest absolute Gasteiger partial charge is 0.327 e. The number of aryl methyl sites for hydroxylation is 1. The third-order valence-corrected chi connectivity index (χ3v) is 3.01. The highest BCUT2D eigenvalue weighted by Gasteiger charge is 2.21. The first-order valence-electron chi connectivity index (χ1n) is 5.43. The second-order valence-corrected chi connectivity index (χ2v) is 4.13. The van der Waals surface area contributed by atoms with Crippen LogP contribution in [0.15, 0.2) is 12.1 Å². The molecular formula is C13H16N2O. The Hall–Kier alpha value is -1.61. The molecule has 3 heteroatoms. The van der Waals surface area contributed by atoms with Gasteiger partial charge in [0.15, 0.2) is 0 Å². The Labute approximate surface area is 95.3 Å². The average Bonchev–Trinajstić information content (AvgIpc) is 2.59. The molecule has 0 radical (unpaired) electrons. The minimum absolute atomic E-state index is 0.0717. The smallest absolute Gasteiger partial charge is 0.228 e. The molecule has 1 aliphatic rings. The van der Waals surface area contributed by atoms with Crippen LogP contribution in [-0.4, -0.2) is 12.5 Å². The molecule has 1 aromatic rings. The molecular weight excluding hydrogens is 200 g/mol. The summed E-state index contributed by atoms with van der Waals surface area (Å²) in [5.41, 5.74) is 11.0. The summed E-state index contributed by atoms with van der Waals surface area (Å²) in [6.45, 7) is 4.64. The van der Waals surface area contributed by atoms with E-state index in [4.69, 9.17) is 5.73 Å². The van der Waals surface area contributed by atoms with Gasteiger partial charge in [0, 0.05) is 12.1 Å². The second-order valence-electron chi connectivity index (χ2n) is 4.13. The zero-order chi connectivity index (χ0) is 11.7. The van der Waals surface area contributed by atoms with Crippen LogP contribution in [0, 0.1) is 13.8 Å². The number of nitrogens with one attached hydrogen (secondary N) is 1. The predicted octanol–water partition coefficient (Wildman–Crippen LogP) is 1.77. The first kappa shape index (κ1) is 10.9. The van der Waals surface area contributed by atoms with Crippen LogP contribution in [0.25, 0.3) is 6.08 Å². The monoisotopic (exact) mass is 216 g/mol. The molecule has 3 N–H and O–H groups in total. The number of rotatable bonds is 2. The van der Waals surface area contributed by atoms with Crippen LogP contribution >= 0.6 is 0 Å². The van der Waals surface area contributed by atoms with Crippen molar-refractivity contribution < 1.29 is 4.79 Å². The van der Waals surface area contributed by atoms with E-state index < -0.39 is 0 Å². The Bertz CT molecular complexity index is 475. The van der Waals surface area contributed by atoms with Crippen molar-refractivity contribution in [2.24, 2.45) is 5.73 Å². The Morgan fingerprint density at radius 3 is 2.94 bits per heavy atom. The Balaban J connectivity index is 2.58. The second kappa shape index (κ2) is 4.10. The van der Waals surface area contributed by atoms with Crippen molar-refractivity contribution in [3.8, 4) is 0 Å². The van der Waals surface area contributed by atoms with E-state index in [1.54, 1.807) is 0 Å². The quantitative estimate of drug-likeness (QED) is 0.791. The van der Waals surface area contributed by atoms with E-state index >= 15 is 0 Å². The lowest BCUT2D eigenvalue weighted by Crippen LogP contribution is -2.04. The van der Waals surface area contributed by atoms with Gasteiger partial charge < -0.3 is 11.1 Å². The van der Waals surface area contributed by atoms with E-state index in [-0.39, 0.29) is 5.91 Å². The van der Waals surface area contributed by atoms with E-state index in [0.717, 1.165) is 16.8 Å². The fraction of sp³-hybridized carbons (Fsp3) is 0.308. The van der Waals surface area contributed by atoms with Crippen LogP contribution in [0.5, 0.6) is 0 Å². The number of amides is 1. The van der Waals surface area contributed by atoms with E-state index in [2.05, 4.69) is 25.2 Å². The number of fused-ring (bicyclic) bond motifs is 1. The number of nitrogens with two attached hydrogens (primary N) is 1. The van der Waals surface area contributed by atoms with Gasteiger partial charge >= 0.3 is 0 Å².